The van der Waals surface area contributed by atoms with Crippen LogP contribution in [0.25, 0.3) is 0 Å². The van der Waals surface area contributed by atoms with Gasteiger partial charge in [0.15, 0.2) is 6.10 Å². The molecule has 1 rings (SSSR count). The van der Waals surface area contributed by atoms with Crippen LogP contribution in [0.15, 0.2) is 0 Å². The Morgan fingerprint density at radius 1 is 1.64 bits per heavy atom. The monoisotopic (exact) mass is 200 g/mol. The molecule has 4 nitrogen and oxygen atoms in total. The lowest BCUT2D eigenvalue weighted by Crippen LogP contribution is -2.34. The Morgan fingerprint density at radius 2 is 2.43 bits per heavy atom. The third-order valence-corrected chi connectivity index (χ3v) is 2.12. The average Bonchev–Trinajstić information content (AvgIpc) is 2.18. The number of ketones is 1. The first-order valence-electron chi connectivity index (χ1n) is 5.04. The van der Waals surface area contributed by atoms with Gasteiger partial charge in [-0.2, -0.15) is 0 Å². The summed E-state index contributed by atoms with van der Waals surface area (Å²) in [5.41, 5.74) is 0. The fourth-order valence-electron chi connectivity index (χ4n) is 1.24. The third kappa shape index (κ3) is 3.46. The lowest BCUT2D eigenvalue weighted by atomic mass is 10.1. The Morgan fingerprint density at radius 3 is 3.07 bits per heavy atom. The van der Waals surface area contributed by atoms with Gasteiger partial charge in [-0.25, -0.2) is 4.79 Å². The molecule has 0 aromatic carbocycles. The van der Waals surface area contributed by atoms with E-state index in [2.05, 4.69) is 0 Å². The van der Waals surface area contributed by atoms with Crippen molar-refractivity contribution in [3.05, 3.63) is 0 Å². The molecule has 1 aliphatic rings. The minimum absolute atomic E-state index is 0.0775. The van der Waals surface area contributed by atoms with Gasteiger partial charge in [-0.15, -0.1) is 0 Å². The molecule has 1 aliphatic heterocycles. The van der Waals surface area contributed by atoms with Crippen molar-refractivity contribution in [2.24, 2.45) is 0 Å². The van der Waals surface area contributed by atoms with E-state index in [1.807, 2.05) is 6.92 Å². The second-order valence-corrected chi connectivity index (χ2v) is 3.37. The lowest BCUT2D eigenvalue weighted by molar-refractivity contribution is -0.162. The lowest BCUT2D eigenvalue weighted by Gasteiger charge is -2.19. The van der Waals surface area contributed by atoms with E-state index in [0.29, 0.717) is 19.6 Å². The molecule has 1 fully saturated rings. The summed E-state index contributed by atoms with van der Waals surface area (Å²) in [6, 6.07) is 0. The van der Waals surface area contributed by atoms with Crippen molar-refractivity contribution in [3.8, 4) is 0 Å². The quantitative estimate of drug-likeness (QED) is 0.503. The zero-order valence-corrected chi connectivity index (χ0v) is 8.45. The van der Waals surface area contributed by atoms with Crippen LogP contribution in [0.3, 0.4) is 0 Å². The highest BCUT2D eigenvalue weighted by molar-refractivity contribution is 5.86. The first-order chi connectivity index (χ1) is 6.74. The Labute approximate surface area is 83.6 Å². The van der Waals surface area contributed by atoms with Gasteiger partial charge in [0.2, 0.25) is 0 Å². The standard InChI is InChI=1S/C10H16O4/c1-2-3-5-14-10(12)9-7-8(11)4-6-13-9/h9H,2-7H2,1H3. The summed E-state index contributed by atoms with van der Waals surface area (Å²) in [7, 11) is 0. The molecule has 0 bridgehead atoms. The van der Waals surface area contributed by atoms with Gasteiger partial charge in [0.05, 0.1) is 13.2 Å². The minimum Gasteiger partial charge on any atom is -0.464 e. The summed E-state index contributed by atoms with van der Waals surface area (Å²) in [5.74, 6) is -0.319. The highest BCUT2D eigenvalue weighted by atomic mass is 16.6. The number of rotatable bonds is 4. The van der Waals surface area contributed by atoms with Crippen LogP contribution in [0.5, 0.6) is 0 Å². The summed E-state index contributed by atoms with van der Waals surface area (Å²) < 4.78 is 10.1. The van der Waals surface area contributed by atoms with Crippen molar-refractivity contribution in [1.29, 1.82) is 0 Å². The molecular weight excluding hydrogens is 184 g/mol. The van der Waals surface area contributed by atoms with Gasteiger partial charge in [0.25, 0.3) is 0 Å². The third-order valence-electron chi connectivity index (χ3n) is 2.12. The Hall–Kier alpha value is -0.900. The van der Waals surface area contributed by atoms with E-state index >= 15 is 0 Å². The van der Waals surface area contributed by atoms with Crippen LogP contribution in [0.4, 0.5) is 0 Å². The predicted molar refractivity (Wildman–Crippen MR) is 49.8 cm³/mol. The van der Waals surface area contributed by atoms with Crippen LogP contribution in [-0.2, 0) is 19.1 Å². The fourth-order valence-corrected chi connectivity index (χ4v) is 1.24. The highest BCUT2D eigenvalue weighted by Crippen LogP contribution is 2.11. The van der Waals surface area contributed by atoms with Gasteiger partial charge >= 0.3 is 5.97 Å². The van der Waals surface area contributed by atoms with Crippen LogP contribution < -0.4 is 0 Å². The maximum atomic E-state index is 11.3. The van der Waals surface area contributed by atoms with Gasteiger partial charge < -0.3 is 9.47 Å². The molecule has 1 atom stereocenters. The SMILES string of the molecule is CCCCOC(=O)C1CC(=O)CCO1. The molecule has 4 heteroatoms. The molecule has 1 unspecified atom stereocenters. The topological polar surface area (TPSA) is 52.6 Å². The first kappa shape index (κ1) is 11.2. The number of ether oxygens (including phenoxy) is 2. The molecule has 0 radical (unpaired) electrons. The molecule has 14 heavy (non-hydrogen) atoms. The number of hydrogen-bond acceptors (Lipinski definition) is 4. The maximum absolute atomic E-state index is 11.3. The van der Waals surface area contributed by atoms with E-state index in [1.54, 1.807) is 0 Å². The summed E-state index contributed by atoms with van der Waals surface area (Å²) in [6.45, 7) is 2.78. The summed E-state index contributed by atoms with van der Waals surface area (Å²) in [4.78, 5) is 22.3. The van der Waals surface area contributed by atoms with E-state index < -0.39 is 12.1 Å². The van der Waals surface area contributed by atoms with Crippen molar-refractivity contribution in [1.82, 2.24) is 0 Å². The molecule has 1 saturated heterocycles. The Kier molecular flexibility index (Phi) is 4.59. The van der Waals surface area contributed by atoms with Crippen molar-refractivity contribution in [2.45, 2.75) is 38.7 Å². The molecule has 1 heterocycles. The molecule has 80 valence electrons. The fraction of sp³-hybridized carbons (Fsp3) is 0.800. The maximum Gasteiger partial charge on any atom is 0.335 e. The molecule has 0 saturated carbocycles. The molecule has 0 amide bonds. The van der Waals surface area contributed by atoms with Crippen molar-refractivity contribution in [3.63, 3.8) is 0 Å². The van der Waals surface area contributed by atoms with E-state index in [1.165, 1.54) is 0 Å². The Bertz CT molecular complexity index is 212. The molecule has 0 aromatic rings. The van der Waals surface area contributed by atoms with Crippen LogP contribution in [0.2, 0.25) is 0 Å². The molecule has 0 spiro atoms. The number of Topliss-reactive ketones (excluding diaryl/α,β-unsaturated/α-hetero) is 1. The van der Waals surface area contributed by atoms with Crippen LogP contribution in [-0.4, -0.2) is 31.1 Å². The number of carbonyl (C=O) groups is 2. The van der Waals surface area contributed by atoms with Gasteiger partial charge in [-0.3, -0.25) is 4.79 Å². The summed E-state index contributed by atoms with van der Waals surface area (Å²) in [5, 5.41) is 0. The highest BCUT2D eigenvalue weighted by Gasteiger charge is 2.27. The van der Waals surface area contributed by atoms with Crippen LogP contribution in [0.1, 0.15) is 32.6 Å². The Balaban J connectivity index is 2.25. The van der Waals surface area contributed by atoms with E-state index in [4.69, 9.17) is 9.47 Å². The first-order valence-corrected chi connectivity index (χ1v) is 5.04. The van der Waals surface area contributed by atoms with E-state index in [9.17, 15) is 9.59 Å². The largest absolute Gasteiger partial charge is 0.464 e. The summed E-state index contributed by atoms with van der Waals surface area (Å²) >= 11 is 0. The minimum atomic E-state index is -0.659. The van der Waals surface area contributed by atoms with E-state index in [-0.39, 0.29) is 12.2 Å². The van der Waals surface area contributed by atoms with Gasteiger partial charge in [-0.1, -0.05) is 13.3 Å². The van der Waals surface area contributed by atoms with Crippen molar-refractivity contribution >= 4 is 11.8 Å². The predicted octanol–water partition coefficient (Wildman–Crippen LogP) is 1.08. The smallest absolute Gasteiger partial charge is 0.335 e. The van der Waals surface area contributed by atoms with Gasteiger partial charge in [-0.05, 0) is 6.42 Å². The zero-order valence-electron chi connectivity index (χ0n) is 8.45. The van der Waals surface area contributed by atoms with Crippen molar-refractivity contribution < 1.29 is 19.1 Å². The molecule has 0 N–H and O–H groups in total. The van der Waals surface area contributed by atoms with Crippen LogP contribution in [0, 0.1) is 0 Å². The number of unbranched alkanes of at least 4 members (excludes halogenated alkanes) is 1. The number of hydrogen-bond donors (Lipinski definition) is 0. The molecule has 0 aromatic heterocycles. The number of esters is 1. The second-order valence-electron chi connectivity index (χ2n) is 3.37. The average molecular weight is 200 g/mol. The van der Waals surface area contributed by atoms with Gasteiger partial charge in [0, 0.05) is 12.8 Å². The zero-order chi connectivity index (χ0) is 10.4. The number of carbonyl (C=O) groups excluding carboxylic acids is 2. The van der Waals surface area contributed by atoms with Crippen LogP contribution >= 0.6 is 0 Å². The second kappa shape index (κ2) is 5.75. The van der Waals surface area contributed by atoms with Gasteiger partial charge in [0.1, 0.15) is 5.78 Å². The van der Waals surface area contributed by atoms with E-state index in [0.717, 1.165) is 12.8 Å². The molecule has 0 aliphatic carbocycles. The van der Waals surface area contributed by atoms with Crippen molar-refractivity contribution in [2.75, 3.05) is 13.2 Å². The molecular formula is C10H16O4. The summed E-state index contributed by atoms with van der Waals surface area (Å²) in [6.07, 6.45) is 1.77. The normalized spacial score (nSPS) is 22.1.